The van der Waals surface area contributed by atoms with E-state index in [9.17, 15) is 4.79 Å². The molecule has 0 saturated heterocycles. The SMILES string of the molecule is C[C@@H](CN)NC(=O)CCc1nc2cc(Br)ccc2s1. The first-order valence-electron chi connectivity index (χ1n) is 6.13. The number of nitrogens with two attached hydrogens (primary N) is 1. The summed E-state index contributed by atoms with van der Waals surface area (Å²) in [4.78, 5) is 16.2. The Morgan fingerprint density at radius 1 is 1.58 bits per heavy atom. The summed E-state index contributed by atoms with van der Waals surface area (Å²) >= 11 is 5.06. The number of thiazole rings is 1. The molecule has 0 radical (unpaired) electrons. The monoisotopic (exact) mass is 341 g/mol. The van der Waals surface area contributed by atoms with Crippen molar-refractivity contribution in [3.05, 3.63) is 27.7 Å². The molecule has 1 amide bonds. The maximum Gasteiger partial charge on any atom is 0.220 e. The molecule has 0 unspecified atom stereocenters. The quantitative estimate of drug-likeness (QED) is 0.877. The van der Waals surface area contributed by atoms with Crippen LogP contribution in [0, 0.1) is 0 Å². The minimum Gasteiger partial charge on any atom is -0.352 e. The van der Waals surface area contributed by atoms with Crippen molar-refractivity contribution in [2.24, 2.45) is 5.73 Å². The van der Waals surface area contributed by atoms with Crippen LogP contribution in [0.5, 0.6) is 0 Å². The Hall–Kier alpha value is -0.980. The van der Waals surface area contributed by atoms with Crippen LogP contribution in [0.4, 0.5) is 0 Å². The highest BCUT2D eigenvalue weighted by Crippen LogP contribution is 2.25. The van der Waals surface area contributed by atoms with Crippen LogP contribution in [0.3, 0.4) is 0 Å². The van der Waals surface area contributed by atoms with Gasteiger partial charge in [-0.3, -0.25) is 4.79 Å². The van der Waals surface area contributed by atoms with Gasteiger partial charge in [-0.15, -0.1) is 11.3 Å². The molecule has 6 heteroatoms. The van der Waals surface area contributed by atoms with Crippen LogP contribution in [0.1, 0.15) is 18.4 Å². The summed E-state index contributed by atoms with van der Waals surface area (Å²) in [6.45, 7) is 2.36. The molecule has 3 N–H and O–H groups in total. The smallest absolute Gasteiger partial charge is 0.220 e. The van der Waals surface area contributed by atoms with Crippen molar-refractivity contribution < 1.29 is 4.79 Å². The number of rotatable bonds is 5. The molecule has 4 nitrogen and oxygen atoms in total. The van der Waals surface area contributed by atoms with Crippen LogP contribution in [-0.4, -0.2) is 23.5 Å². The molecule has 102 valence electrons. The average Bonchev–Trinajstić information content (AvgIpc) is 2.78. The lowest BCUT2D eigenvalue weighted by molar-refractivity contribution is -0.121. The van der Waals surface area contributed by atoms with E-state index in [0.29, 0.717) is 19.4 Å². The topological polar surface area (TPSA) is 68.0 Å². The van der Waals surface area contributed by atoms with Gasteiger partial charge in [0.2, 0.25) is 5.91 Å². The minimum atomic E-state index is 0.0263. The number of aryl methyl sites for hydroxylation is 1. The number of fused-ring (bicyclic) bond motifs is 1. The second kappa shape index (κ2) is 6.45. The largest absolute Gasteiger partial charge is 0.352 e. The summed E-state index contributed by atoms with van der Waals surface area (Å²) in [7, 11) is 0. The zero-order valence-corrected chi connectivity index (χ0v) is 13.1. The second-order valence-electron chi connectivity index (χ2n) is 4.42. The van der Waals surface area contributed by atoms with Gasteiger partial charge < -0.3 is 11.1 Å². The first-order valence-corrected chi connectivity index (χ1v) is 7.74. The molecule has 0 bridgehead atoms. The Bertz CT molecular complexity index is 584. The third-order valence-corrected chi connectivity index (χ3v) is 4.31. The average molecular weight is 342 g/mol. The van der Waals surface area contributed by atoms with E-state index < -0.39 is 0 Å². The molecule has 1 atom stereocenters. The molecular weight excluding hydrogens is 326 g/mol. The number of hydrogen-bond donors (Lipinski definition) is 2. The third kappa shape index (κ3) is 3.99. The summed E-state index contributed by atoms with van der Waals surface area (Å²) in [6, 6.07) is 6.06. The fraction of sp³-hybridized carbons (Fsp3) is 0.385. The van der Waals surface area contributed by atoms with Crippen molar-refractivity contribution >= 4 is 43.4 Å². The van der Waals surface area contributed by atoms with Crippen LogP contribution in [-0.2, 0) is 11.2 Å². The van der Waals surface area contributed by atoms with Gasteiger partial charge in [0.25, 0.3) is 0 Å². The summed E-state index contributed by atoms with van der Waals surface area (Å²) in [5.74, 6) is 0.0263. The molecule has 0 saturated carbocycles. The molecule has 0 fully saturated rings. The van der Waals surface area contributed by atoms with Crippen LogP contribution in [0.25, 0.3) is 10.2 Å². The number of hydrogen-bond acceptors (Lipinski definition) is 4. The van der Waals surface area contributed by atoms with Crippen LogP contribution >= 0.6 is 27.3 Å². The van der Waals surface area contributed by atoms with Crippen molar-refractivity contribution in [3.8, 4) is 0 Å². The number of nitrogens with zero attached hydrogens (tertiary/aromatic N) is 1. The van der Waals surface area contributed by atoms with Gasteiger partial charge in [-0.2, -0.15) is 0 Å². The predicted octanol–water partition coefficient (Wildman–Crippen LogP) is 2.45. The van der Waals surface area contributed by atoms with Gasteiger partial charge in [0.1, 0.15) is 0 Å². The number of aromatic nitrogens is 1. The Balaban J connectivity index is 1.96. The Kier molecular flexibility index (Phi) is 4.90. The molecule has 1 heterocycles. The van der Waals surface area contributed by atoms with E-state index in [2.05, 4.69) is 26.2 Å². The van der Waals surface area contributed by atoms with Crippen molar-refractivity contribution in [1.82, 2.24) is 10.3 Å². The van der Waals surface area contributed by atoms with Crippen molar-refractivity contribution in [2.75, 3.05) is 6.54 Å². The molecule has 2 aromatic rings. The highest BCUT2D eigenvalue weighted by molar-refractivity contribution is 9.10. The summed E-state index contributed by atoms with van der Waals surface area (Å²) in [5, 5.41) is 3.84. The molecule has 1 aromatic carbocycles. The predicted molar refractivity (Wildman–Crippen MR) is 82.3 cm³/mol. The summed E-state index contributed by atoms with van der Waals surface area (Å²) < 4.78 is 2.17. The van der Waals surface area contributed by atoms with Crippen LogP contribution in [0.15, 0.2) is 22.7 Å². The van der Waals surface area contributed by atoms with Gasteiger partial charge in [-0.05, 0) is 25.1 Å². The number of halogens is 1. The molecule has 0 aliphatic rings. The molecule has 0 aliphatic heterocycles. The fourth-order valence-corrected chi connectivity index (χ4v) is 2.98. The van der Waals surface area contributed by atoms with Gasteiger partial charge >= 0.3 is 0 Å². The lowest BCUT2D eigenvalue weighted by atomic mass is 10.2. The maximum atomic E-state index is 11.7. The standard InChI is InChI=1S/C13H16BrN3OS/c1-8(7-15)16-12(18)4-5-13-17-10-6-9(14)2-3-11(10)19-13/h2-3,6,8H,4-5,7,15H2,1H3,(H,16,18)/t8-/m0/s1. The first-order chi connectivity index (χ1) is 9.08. The fourth-order valence-electron chi connectivity index (χ4n) is 1.68. The molecule has 2 rings (SSSR count). The lowest BCUT2D eigenvalue weighted by Gasteiger charge is -2.10. The van der Waals surface area contributed by atoms with E-state index in [1.807, 2.05) is 25.1 Å². The van der Waals surface area contributed by atoms with Crippen molar-refractivity contribution in [1.29, 1.82) is 0 Å². The van der Waals surface area contributed by atoms with Crippen molar-refractivity contribution in [2.45, 2.75) is 25.8 Å². The zero-order chi connectivity index (χ0) is 13.8. The number of benzene rings is 1. The van der Waals surface area contributed by atoms with Gasteiger partial charge in [-0.1, -0.05) is 15.9 Å². The van der Waals surface area contributed by atoms with Crippen LogP contribution in [0.2, 0.25) is 0 Å². The Labute approximate surface area is 124 Å². The van der Waals surface area contributed by atoms with E-state index >= 15 is 0 Å². The van der Waals surface area contributed by atoms with Crippen LogP contribution < -0.4 is 11.1 Å². The minimum absolute atomic E-state index is 0.0263. The van der Waals surface area contributed by atoms with Crippen molar-refractivity contribution in [3.63, 3.8) is 0 Å². The molecular formula is C13H16BrN3OS. The summed E-state index contributed by atoms with van der Waals surface area (Å²) in [5.41, 5.74) is 6.44. The highest BCUT2D eigenvalue weighted by atomic mass is 79.9. The van der Waals surface area contributed by atoms with Gasteiger partial charge in [0, 0.05) is 29.9 Å². The zero-order valence-electron chi connectivity index (χ0n) is 10.6. The number of carbonyl (C=O) groups is 1. The number of amides is 1. The van der Waals surface area contributed by atoms with Gasteiger partial charge in [0.15, 0.2) is 0 Å². The molecule has 1 aromatic heterocycles. The van der Waals surface area contributed by atoms with E-state index in [4.69, 9.17) is 5.73 Å². The Morgan fingerprint density at radius 3 is 3.11 bits per heavy atom. The maximum absolute atomic E-state index is 11.7. The van der Waals surface area contributed by atoms with E-state index in [0.717, 1.165) is 19.7 Å². The van der Waals surface area contributed by atoms with Gasteiger partial charge in [0.05, 0.1) is 15.2 Å². The lowest BCUT2D eigenvalue weighted by Crippen LogP contribution is -2.37. The van der Waals surface area contributed by atoms with E-state index in [1.54, 1.807) is 11.3 Å². The molecule has 0 aliphatic carbocycles. The highest BCUT2D eigenvalue weighted by Gasteiger charge is 2.09. The second-order valence-corrected chi connectivity index (χ2v) is 6.45. The summed E-state index contributed by atoms with van der Waals surface area (Å²) in [6.07, 6.45) is 1.12. The molecule has 19 heavy (non-hydrogen) atoms. The molecule has 0 spiro atoms. The normalized spacial score (nSPS) is 12.6. The third-order valence-electron chi connectivity index (χ3n) is 2.72. The first kappa shape index (κ1) is 14.4. The Morgan fingerprint density at radius 2 is 2.37 bits per heavy atom. The number of nitrogens with one attached hydrogen (secondary N) is 1. The van der Waals surface area contributed by atoms with Gasteiger partial charge in [-0.25, -0.2) is 4.98 Å². The van der Waals surface area contributed by atoms with E-state index in [-0.39, 0.29) is 11.9 Å². The number of carbonyl (C=O) groups excluding carboxylic acids is 1. The van der Waals surface area contributed by atoms with E-state index in [1.165, 1.54) is 0 Å².